The van der Waals surface area contributed by atoms with E-state index < -0.39 is 10.0 Å². The van der Waals surface area contributed by atoms with Gasteiger partial charge in [0.1, 0.15) is 4.90 Å². The molecule has 1 fully saturated rings. The summed E-state index contributed by atoms with van der Waals surface area (Å²) >= 11 is 7.91. The Morgan fingerprint density at radius 3 is 2.83 bits per heavy atom. The smallest absolute Gasteiger partial charge is 0.242 e. The van der Waals surface area contributed by atoms with Gasteiger partial charge in [0.2, 0.25) is 10.0 Å². The second kappa shape index (κ2) is 6.32. The van der Waals surface area contributed by atoms with Crippen LogP contribution in [0.15, 0.2) is 18.5 Å². The van der Waals surface area contributed by atoms with Gasteiger partial charge >= 0.3 is 0 Å². The van der Waals surface area contributed by atoms with Crippen molar-refractivity contribution in [1.29, 1.82) is 0 Å². The van der Waals surface area contributed by atoms with E-state index in [-0.39, 0.29) is 0 Å². The van der Waals surface area contributed by atoms with Gasteiger partial charge in [0.15, 0.2) is 0 Å². The summed E-state index contributed by atoms with van der Waals surface area (Å²) in [6, 6.07) is 2.07. The molecule has 0 aromatic carbocycles. The van der Waals surface area contributed by atoms with Gasteiger partial charge in [-0.15, -0.1) is 11.3 Å². The molecule has 102 valence electrons. The van der Waals surface area contributed by atoms with Crippen molar-refractivity contribution in [1.82, 2.24) is 10.0 Å². The molecule has 4 nitrogen and oxygen atoms in total. The predicted molar refractivity (Wildman–Crippen MR) is 80.5 cm³/mol. The normalized spacial score (nSPS) is 20.4. The molecule has 1 aromatic heterocycles. The zero-order chi connectivity index (χ0) is 13.2. The van der Waals surface area contributed by atoms with Crippen molar-refractivity contribution in [2.75, 3.05) is 13.1 Å². The van der Waals surface area contributed by atoms with E-state index in [0.29, 0.717) is 21.3 Å². The van der Waals surface area contributed by atoms with Gasteiger partial charge in [-0.2, -0.15) is 0 Å². The lowest BCUT2D eigenvalue weighted by atomic mass is 10.2. The van der Waals surface area contributed by atoms with E-state index in [2.05, 4.69) is 41.9 Å². The van der Waals surface area contributed by atoms with E-state index in [1.807, 2.05) is 0 Å². The fraction of sp³-hybridized carbons (Fsp3) is 0.600. The molecule has 1 saturated heterocycles. The van der Waals surface area contributed by atoms with Gasteiger partial charge in [0.05, 0.1) is 7.57 Å². The van der Waals surface area contributed by atoms with Crippen LogP contribution >= 0.6 is 43.2 Å². The number of nitrogens with one attached hydrogen (secondary N) is 2. The Morgan fingerprint density at radius 2 is 2.28 bits per heavy atom. The molecule has 2 N–H and O–H groups in total. The van der Waals surface area contributed by atoms with Gasteiger partial charge < -0.3 is 5.32 Å². The van der Waals surface area contributed by atoms with Gasteiger partial charge in [0.25, 0.3) is 0 Å². The van der Waals surface area contributed by atoms with Crippen LogP contribution in [0.5, 0.6) is 0 Å². The zero-order valence-electron chi connectivity index (χ0n) is 9.58. The van der Waals surface area contributed by atoms with Crippen molar-refractivity contribution in [3.63, 3.8) is 0 Å². The van der Waals surface area contributed by atoms with E-state index >= 15 is 0 Å². The number of halogens is 2. The molecular formula is C10H14Br2N2O2S2. The van der Waals surface area contributed by atoms with Gasteiger partial charge in [-0.3, -0.25) is 0 Å². The standard InChI is InChI=1S/C10H14Br2N2O2S2/c11-9-6-8(10(12)17-9)18(15,16)14-5-3-7-2-1-4-13-7/h6-7,13-14H,1-5H2/t7-/m0/s1. The first kappa shape index (κ1) is 14.9. The molecule has 0 saturated carbocycles. The third-order valence-electron chi connectivity index (χ3n) is 2.86. The van der Waals surface area contributed by atoms with E-state index in [1.54, 1.807) is 6.07 Å². The first-order valence-corrected chi connectivity index (χ1v) is 9.55. The van der Waals surface area contributed by atoms with Crippen LogP contribution in [0, 0.1) is 0 Å². The van der Waals surface area contributed by atoms with E-state index in [4.69, 9.17) is 0 Å². The molecule has 0 amide bonds. The Labute approximate surface area is 128 Å². The summed E-state index contributed by atoms with van der Waals surface area (Å²) in [5.41, 5.74) is 0. The average molecular weight is 418 g/mol. The van der Waals surface area contributed by atoms with Crippen LogP contribution in [0.1, 0.15) is 19.3 Å². The summed E-state index contributed by atoms with van der Waals surface area (Å²) in [4.78, 5) is 0.304. The van der Waals surface area contributed by atoms with Crippen molar-refractivity contribution < 1.29 is 8.42 Å². The Kier molecular flexibility index (Phi) is 5.24. The van der Waals surface area contributed by atoms with E-state index in [9.17, 15) is 8.42 Å². The maximum Gasteiger partial charge on any atom is 0.242 e. The van der Waals surface area contributed by atoms with Crippen LogP contribution in [0.25, 0.3) is 0 Å². The van der Waals surface area contributed by atoms with Crippen molar-refractivity contribution in [3.8, 4) is 0 Å². The van der Waals surface area contributed by atoms with Gasteiger partial charge in [-0.1, -0.05) is 0 Å². The molecule has 2 heterocycles. The minimum Gasteiger partial charge on any atom is -0.314 e. The average Bonchev–Trinajstić information content (AvgIpc) is 2.88. The molecular weight excluding hydrogens is 404 g/mol. The van der Waals surface area contributed by atoms with E-state index in [0.717, 1.165) is 23.2 Å². The van der Waals surface area contributed by atoms with Crippen molar-refractivity contribution >= 4 is 53.2 Å². The van der Waals surface area contributed by atoms with Crippen LogP contribution in [0.3, 0.4) is 0 Å². The van der Waals surface area contributed by atoms with E-state index in [1.165, 1.54) is 17.8 Å². The molecule has 0 unspecified atom stereocenters. The third kappa shape index (κ3) is 3.77. The first-order valence-electron chi connectivity index (χ1n) is 5.67. The molecule has 2 rings (SSSR count). The summed E-state index contributed by atoms with van der Waals surface area (Å²) < 4.78 is 28.2. The fourth-order valence-corrected chi connectivity index (χ4v) is 6.81. The highest BCUT2D eigenvalue weighted by Crippen LogP contribution is 2.34. The first-order chi connectivity index (χ1) is 8.49. The van der Waals surface area contributed by atoms with Gasteiger partial charge in [0, 0.05) is 12.6 Å². The third-order valence-corrected chi connectivity index (χ3v) is 7.08. The summed E-state index contributed by atoms with van der Waals surface area (Å²) in [7, 11) is -3.41. The topological polar surface area (TPSA) is 58.2 Å². The number of thiophene rings is 1. The van der Waals surface area contributed by atoms with Crippen LogP contribution in [0.2, 0.25) is 0 Å². The zero-order valence-corrected chi connectivity index (χ0v) is 14.4. The largest absolute Gasteiger partial charge is 0.314 e. The number of hydrogen-bond acceptors (Lipinski definition) is 4. The quantitative estimate of drug-likeness (QED) is 0.774. The monoisotopic (exact) mass is 416 g/mol. The number of rotatable bonds is 5. The van der Waals surface area contributed by atoms with Crippen molar-refractivity contribution in [3.05, 3.63) is 13.6 Å². The summed E-state index contributed by atoms with van der Waals surface area (Å²) in [5.74, 6) is 0. The lowest BCUT2D eigenvalue weighted by Crippen LogP contribution is -2.30. The minimum atomic E-state index is -3.41. The summed E-state index contributed by atoms with van der Waals surface area (Å²) in [6.07, 6.45) is 3.15. The fourth-order valence-electron chi connectivity index (χ4n) is 1.96. The van der Waals surface area contributed by atoms with Crippen LogP contribution in [-0.4, -0.2) is 27.5 Å². The lowest BCUT2D eigenvalue weighted by Gasteiger charge is -2.10. The molecule has 18 heavy (non-hydrogen) atoms. The van der Waals surface area contributed by atoms with Crippen LogP contribution in [0.4, 0.5) is 0 Å². The van der Waals surface area contributed by atoms with Gasteiger partial charge in [-0.25, -0.2) is 13.1 Å². The molecule has 1 aliphatic rings. The molecule has 1 atom stereocenters. The molecule has 0 aliphatic carbocycles. The Bertz CT molecular complexity index is 510. The van der Waals surface area contributed by atoms with Crippen LogP contribution in [-0.2, 0) is 10.0 Å². The highest BCUT2D eigenvalue weighted by atomic mass is 79.9. The minimum absolute atomic E-state index is 0.304. The second-order valence-electron chi connectivity index (χ2n) is 4.17. The summed E-state index contributed by atoms with van der Waals surface area (Å²) in [5, 5.41) is 3.35. The van der Waals surface area contributed by atoms with Crippen LogP contribution < -0.4 is 10.0 Å². The molecule has 0 spiro atoms. The lowest BCUT2D eigenvalue weighted by molar-refractivity contribution is 0.539. The Hall–Kier alpha value is 0.530. The Morgan fingerprint density at radius 1 is 1.50 bits per heavy atom. The van der Waals surface area contributed by atoms with Crippen molar-refractivity contribution in [2.24, 2.45) is 0 Å². The predicted octanol–water partition coefficient (Wildman–Crippen LogP) is 2.69. The molecule has 1 aromatic rings. The molecule has 1 aliphatic heterocycles. The number of sulfonamides is 1. The van der Waals surface area contributed by atoms with Gasteiger partial charge in [-0.05, 0) is 63.7 Å². The molecule has 0 radical (unpaired) electrons. The number of hydrogen-bond donors (Lipinski definition) is 2. The highest BCUT2D eigenvalue weighted by Gasteiger charge is 2.21. The maximum absolute atomic E-state index is 12.1. The van der Waals surface area contributed by atoms with Crippen molar-refractivity contribution in [2.45, 2.75) is 30.2 Å². The Balaban J connectivity index is 1.93. The SMILES string of the molecule is O=S(=O)(NCC[C@@H]1CCCN1)c1cc(Br)sc1Br. The second-order valence-corrected chi connectivity index (χ2v) is 9.65. The highest BCUT2D eigenvalue weighted by molar-refractivity contribution is 9.12. The summed E-state index contributed by atoms with van der Waals surface area (Å²) in [6.45, 7) is 1.51. The molecule has 8 heteroatoms. The maximum atomic E-state index is 12.1. The molecule has 0 bridgehead atoms.